The second-order valence-electron chi connectivity index (χ2n) is 4.48. The van der Waals surface area contributed by atoms with E-state index < -0.39 is 12.0 Å². The highest BCUT2D eigenvalue weighted by atomic mass is 16.4. The lowest BCUT2D eigenvalue weighted by molar-refractivity contribution is -0.139. The van der Waals surface area contributed by atoms with Gasteiger partial charge in [-0.25, -0.2) is 0 Å². The zero-order valence-electron chi connectivity index (χ0n) is 11.0. The van der Waals surface area contributed by atoms with Crippen molar-refractivity contribution in [3.63, 3.8) is 0 Å². The summed E-state index contributed by atoms with van der Waals surface area (Å²) in [5.74, 6) is -0.882. The van der Waals surface area contributed by atoms with Crippen LogP contribution in [0.1, 0.15) is 22.9 Å². The molecule has 1 aromatic carbocycles. The van der Waals surface area contributed by atoms with Gasteiger partial charge in [0.25, 0.3) is 0 Å². The maximum Gasteiger partial charge on any atom is 0.325 e. The molecule has 1 atom stereocenters. The number of carboxylic acids is 1. The molecular weight excluding hydrogens is 242 g/mol. The van der Waals surface area contributed by atoms with Gasteiger partial charge in [0.2, 0.25) is 0 Å². The molecule has 0 bridgehead atoms. The monoisotopic (exact) mass is 259 g/mol. The van der Waals surface area contributed by atoms with Gasteiger partial charge in [-0.3, -0.25) is 14.8 Å². The zero-order chi connectivity index (χ0) is 13.8. The average Bonchev–Trinajstić information content (AvgIpc) is 2.69. The van der Waals surface area contributed by atoms with E-state index in [4.69, 9.17) is 0 Å². The fourth-order valence-corrected chi connectivity index (χ4v) is 2.03. The minimum absolute atomic E-state index is 0.478. The number of aromatic nitrogens is 2. The van der Waals surface area contributed by atoms with E-state index in [9.17, 15) is 9.90 Å². The lowest BCUT2D eigenvalue weighted by Gasteiger charge is -2.14. The third kappa shape index (κ3) is 3.20. The number of carbonyl (C=O) groups is 1. The molecular formula is C14H17N3O2. The summed E-state index contributed by atoms with van der Waals surface area (Å²) in [6.45, 7) is 2.39. The van der Waals surface area contributed by atoms with Crippen molar-refractivity contribution in [1.82, 2.24) is 15.1 Å². The lowest BCUT2D eigenvalue weighted by atomic mass is 10.1. The Morgan fingerprint density at radius 3 is 2.63 bits per heavy atom. The minimum atomic E-state index is -0.882. The summed E-state index contributed by atoms with van der Waals surface area (Å²) >= 11 is 0. The van der Waals surface area contributed by atoms with E-state index >= 15 is 0 Å². The number of benzene rings is 1. The average molecular weight is 259 g/mol. The topological polar surface area (TPSA) is 67.2 Å². The number of hydrogen-bond acceptors (Lipinski definition) is 3. The standard InChI is InChI=1S/C14H17N3O2/c1-10-12(9-17(2)16-10)8-15-13(14(18)19)11-6-4-3-5-7-11/h3-7,9,13,15H,8H2,1-2H3,(H,18,19). The van der Waals surface area contributed by atoms with E-state index in [2.05, 4.69) is 10.4 Å². The molecule has 1 unspecified atom stereocenters. The molecule has 19 heavy (non-hydrogen) atoms. The predicted molar refractivity (Wildman–Crippen MR) is 71.6 cm³/mol. The maximum atomic E-state index is 11.3. The Morgan fingerprint density at radius 1 is 1.42 bits per heavy atom. The van der Waals surface area contributed by atoms with Crippen molar-refractivity contribution >= 4 is 5.97 Å². The molecule has 0 saturated heterocycles. The van der Waals surface area contributed by atoms with Gasteiger partial charge < -0.3 is 5.11 Å². The first-order valence-electron chi connectivity index (χ1n) is 6.08. The number of aliphatic carboxylic acids is 1. The van der Waals surface area contributed by atoms with Crippen molar-refractivity contribution in [1.29, 1.82) is 0 Å². The molecule has 0 aliphatic heterocycles. The number of nitrogens with zero attached hydrogens (tertiary/aromatic N) is 2. The number of rotatable bonds is 5. The van der Waals surface area contributed by atoms with Gasteiger partial charge in [-0.2, -0.15) is 5.10 Å². The molecule has 0 aliphatic carbocycles. The van der Waals surface area contributed by atoms with Crippen LogP contribution in [0.2, 0.25) is 0 Å². The Hall–Kier alpha value is -2.14. The SMILES string of the molecule is Cc1nn(C)cc1CNC(C(=O)O)c1ccccc1. The van der Waals surface area contributed by atoms with Crippen LogP contribution >= 0.6 is 0 Å². The molecule has 1 aromatic heterocycles. The normalized spacial score (nSPS) is 12.3. The Kier molecular flexibility index (Phi) is 3.97. The highest BCUT2D eigenvalue weighted by Gasteiger charge is 2.19. The van der Waals surface area contributed by atoms with Crippen molar-refractivity contribution in [2.24, 2.45) is 7.05 Å². The highest BCUT2D eigenvalue weighted by Crippen LogP contribution is 2.14. The molecule has 1 heterocycles. The van der Waals surface area contributed by atoms with Crippen LogP contribution in [0.5, 0.6) is 0 Å². The first-order valence-corrected chi connectivity index (χ1v) is 6.08. The zero-order valence-corrected chi connectivity index (χ0v) is 11.0. The molecule has 0 spiro atoms. The van der Waals surface area contributed by atoms with Crippen LogP contribution in [0.4, 0.5) is 0 Å². The molecule has 100 valence electrons. The minimum Gasteiger partial charge on any atom is -0.480 e. The van der Waals surface area contributed by atoms with Crippen molar-refractivity contribution in [3.05, 3.63) is 53.3 Å². The van der Waals surface area contributed by atoms with E-state index in [-0.39, 0.29) is 0 Å². The van der Waals surface area contributed by atoms with Crippen molar-refractivity contribution in [2.45, 2.75) is 19.5 Å². The number of hydrogen-bond donors (Lipinski definition) is 2. The van der Waals surface area contributed by atoms with Gasteiger partial charge in [-0.15, -0.1) is 0 Å². The van der Waals surface area contributed by atoms with E-state index in [0.29, 0.717) is 6.54 Å². The summed E-state index contributed by atoms with van der Waals surface area (Å²) in [7, 11) is 1.85. The van der Waals surface area contributed by atoms with Gasteiger partial charge in [-0.1, -0.05) is 30.3 Å². The van der Waals surface area contributed by atoms with Gasteiger partial charge >= 0.3 is 5.97 Å². The predicted octanol–water partition coefficient (Wildman–Crippen LogP) is 1.64. The summed E-state index contributed by atoms with van der Waals surface area (Å²) in [4.78, 5) is 11.3. The van der Waals surface area contributed by atoms with E-state index in [0.717, 1.165) is 16.8 Å². The largest absolute Gasteiger partial charge is 0.480 e. The molecule has 0 saturated carbocycles. The molecule has 0 fully saturated rings. The van der Waals surface area contributed by atoms with Crippen LogP contribution in [-0.4, -0.2) is 20.9 Å². The Morgan fingerprint density at radius 2 is 2.11 bits per heavy atom. The van der Waals surface area contributed by atoms with Crippen molar-refractivity contribution in [2.75, 3.05) is 0 Å². The Balaban J connectivity index is 2.10. The van der Waals surface area contributed by atoms with Crippen LogP contribution in [-0.2, 0) is 18.4 Å². The van der Waals surface area contributed by atoms with Gasteiger partial charge in [-0.05, 0) is 12.5 Å². The van der Waals surface area contributed by atoms with Crippen LogP contribution in [0.15, 0.2) is 36.5 Å². The van der Waals surface area contributed by atoms with Crippen LogP contribution in [0, 0.1) is 6.92 Å². The summed E-state index contributed by atoms with van der Waals surface area (Å²) < 4.78 is 1.73. The molecule has 2 aromatic rings. The maximum absolute atomic E-state index is 11.3. The molecule has 0 aliphatic rings. The van der Waals surface area contributed by atoms with Gasteiger partial charge in [0.05, 0.1) is 5.69 Å². The second-order valence-corrected chi connectivity index (χ2v) is 4.48. The van der Waals surface area contributed by atoms with E-state index in [1.165, 1.54) is 0 Å². The molecule has 2 rings (SSSR count). The summed E-state index contributed by atoms with van der Waals surface area (Å²) in [5.41, 5.74) is 2.66. The van der Waals surface area contributed by atoms with Gasteiger partial charge in [0, 0.05) is 25.4 Å². The summed E-state index contributed by atoms with van der Waals surface area (Å²) in [6.07, 6.45) is 1.90. The van der Waals surface area contributed by atoms with Gasteiger partial charge in [0.15, 0.2) is 0 Å². The first-order chi connectivity index (χ1) is 9.08. The summed E-state index contributed by atoms with van der Waals surface area (Å²) in [5, 5.41) is 16.6. The molecule has 5 nitrogen and oxygen atoms in total. The third-order valence-corrected chi connectivity index (χ3v) is 2.99. The Labute approximate surface area is 111 Å². The summed E-state index contributed by atoms with van der Waals surface area (Å²) in [6, 6.07) is 8.45. The van der Waals surface area contributed by atoms with E-state index in [1.807, 2.05) is 50.5 Å². The Bertz CT molecular complexity index is 563. The number of carboxylic acid groups (broad SMARTS) is 1. The molecule has 2 N–H and O–H groups in total. The number of aryl methyl sites for hydroxylation is 2. The molecule has 0 amide bonds. The van der Waals surface area contributed by atoms with Gasteiger partial charge in [0.1, 0.15) is 6.04 Å². The fourth-order valence-electron chi connectivity index (χ4n) is 2.03. The molecule has 0 radical (unpaired) electrons. The van der Waals surface area contributed by atoms with Crippen LogP contribution in [0.25, 0.3) is 0 Å². The lowest BCUT2D eigenvalue weighted by Crippen LogP contribution is -2.28. The van der Waals surface area contributed by atoms with E-state index in [1.54, 1.807) is 4.68 Å². The second kappa shape index (κ2) is 5.67. The van der Waals surface area contributed by atoms with Crippen LogP contribution in [0.3, 0.4) is 0 Å². The molecule has 5 heteroatoms. The first kappa shape index (κ1) is 13.3. The third-order valence-electron chi connectivity index (χ3n) is 2.99. The quantitative estimate of drug-likeness (QED) is 0.856. The van der Waals surface area contributed by atoms with Crippen molar-refractivity contribution in [3.8, 4) is 0 Å². The highest BCUT2D eigenvalue weighted by molar-refractivity contribution is 5.75. The smallest absolute Gasteiger partial charge is 0.325 e. The van der Waals surface area contributed by atoms with Crippen LogP contribution < -0.4 is 5.32 Å². The fraction of sp³-hybridized carbons (Fsp3) is 0.286. The number of nitrogens with one attached hydrogen (secondary N) is 1. The van der Waals surface area contributed by atoms with Crippen molar-refractivity contribution < 1.29 is 9.90 Å².